The Hall–Kier alpha value is -1.43. The van der Waals surface area contributed by atoms with Crippen molar-refractivity contribution in [1.82, 2.24) is 25.0 Å². The number of aromatic nitrogens is 3. The maximum atomic E-state index is 12.0. The first-order chi connectivity index (χ1) is 8.22. The second kappa shape index (κ2) is 5.27. The topological polar surface area (TPSA) is 63.0 Å². The number of rotatable bonds is 4. The van der Waals surface area contributed by atoms with Crippen LogP contribution in [-0.4, -0.2) is 51.8 Å². The van der Waals surface area contributed by atoms with Crippen LogP contribution in [0.25, 0.3) is 0 Å². The number of amides is 1. The van der Waals surface area contributed by atoms with Crippen molar-refractivity contribution in [3.8, 4) is 0 Å². The molecule has 17 heavy (non-hydrogen) atoms. The molecule has 1 unspecified atom stereocenters. The Kier molecular flexibility index (Phi) is 3.73. The van der Waals surface area contributed by atoms with Gasteiger partial charge in [0.2, 0.25) is 5.91 Å². The summed E-state index contributed by atoms with van der Waals surface area (Å²) < 4.78 is 1.89. The molecular weight excluding hydrogens is 218 g/mol. The molecule has 0 radical (unpaired) electrons. The number of likely N-dealkylation sites (N-methyl/N-ethyl adjacent to an activating group) is 1. The predicted octanol–water partition coefficient (Wildman–Crippen LogP) is -0.432. The molecule has 1 aromatic rings. The molecule has 2 rings (SSSR count). The van der Waals surface area contributed by atoms with Gasteiger partial charge in [0.15, 0.2) is 0 Å². The molecule has 2 heterocycles. The van der Waals surface area contributed by atoms with E-state index in [1.165, 1.54) is 0 Å². The first-order valence-corrected chi connectivity index (χ1v) is 6.01. The van der Waals surface area contributed by atoms with Gasteiger partial charge in [-0.2, -0.15) is 0 Å². The van der Waals surface area contributed by atoms with E-state index in [9.17, 15) is 4.79 Å². The Morgan fingerprint density at radius 3 is 3.06 bits per heavy atom. The average Bonchev–Trinajstić information content (AvgIpc) is 2.74. The van der Waals surface area contributed by atoms with Crippen LogP contribution in [-0.2, 0) is 18.3 Å². The summed E-state index contributed by atoms with van der Waals surface area (Å²) in [4.78, 5) is 13.9. The van der Waals surface area contributed by atoms with Crippen molar-refractivity contribution in [2.75, 3.05) is 20.1 Å². The lowest BCUT2D eigenvalue weighted by molar-refractivity contribution is -0.135. The maximum Gasteiger partial charge on any atom is 0.239 e. The second-order valence-electron chi connectivity index (χ2n) is 4.42. The quantitative estimate of drug-likeness (QED) is 0.771. The molecule has 1 fully saturated rings. The number of aryl methyl sites for hydroxylation is 1. The van der Waals surface area contributed by atoms with Crippen LogP contribution in [0.1, 0.15) is 18.7 Å². The van der Waals surface area contributed by atoms with Gasteiger partial charge in [-0.05, 0) is 19.9 Å². The van der Waals surface area contributed by atoms with Crippen molar-refractivity contribution >= 4 is 5.91 Å². The molecule has 0 spiro atoms. The van der Waals surface area contributed by atoms with E-state index in [0.717, 1.165) is 38.2 Å². The highest BCUT2D eigenvalue weighted by Crippen LogP contribution is 2.11. The molecule has 6 nitrogen and oxygen atoms in total. The fourth-order valence-electron chi connectivity index (χ4n) is 2.20. The number of hydrogen-bond acceptors (Lipinski definition) is 4. The molecule has 1 aliphatic rings. The Morgan fingerprint density at radius 2 is 2.41 bits per heavy atom. The molecule has 0 saturated carbocycles. The molecule has 0 bridgehead atoms. The Bertz CT molecular complexity index is 389. The van der Waals surface area contributed by atoms with Crippen LogP contribution in [0.15, 0.2) is 6.33 Å². The zero-order valence-corrected chi connectivity index (χ0v) is 10.4. The average molecular weight is 237 g/mol. The van der Waals surface area contributed by atoms with Crippen molar-refractivity contribution in [3.05, 3.63) is 12.2 Å². The highest BCUT2D eigenvalue weighted by molar-refractivity contribution is 5.82. The molecule has 0 aromatic carbocycles. The van der Waals surface area contributed by atoms with Gasteiger partial charge >= 0.3 is 0 Å². The van der Waals surface area contributed by atoms with E-state index in [-0.39, 0.29) is 11.9 Å². The first-order valence-electron chi connectivity index (χ1n) is 6.01. The molecule has 1 amide bonds. The van der Waals surface area contributed by atoms with Crippen LogP contribution in [0.3, 0.4) is 0 Å². The summed E-state index contributed by atoms with van der Waals surface area (Å²) >= 11 is 0. The van der Waals surface area contributed by atoms with E-state index < -0.39 is 0 Å². The van der Waals surface area contributed by atoms with Crippen LogP contribution in [0.5, 0.6) is 0 Å². The fourth-order valence-corrected chi connectivity index (χ4v) is 2.20. The van der Waals surface area contributed by atoms with Crippen molar-refractivity contribution < 1.29 is 4.79 Å². The minimum Gasteiger partial charge on any atom is -0.341 e. The van der Waals surface area contributed by atoms with Gasteiger partial charge < -0.3 is 14.8 Å². The van der Waals surface area contributed by atoms with Crippen LogP contribution in [0, 0.1) is 0 Å². The molecule has 6 heteroatoms. The third-order valence-electron chi connectivity index (χ3n) is 3.29. The third-order valence-corrected chi connectivity index (χ3v) is 3.29. The van der Waals surface area contributed by atoms with E-state index in [0.29, 0.717) is 0 Å². The van der Waals surface area contributed by atoms with Crippen molar-refractivity contribution in [2.24, 2.45) is 7.05 Å². The number of carbonyl (C=O) groups is 1. The molecule has 0 aliphatic carbocycles. The normalized spacial score (nSPS) is 20.9. The van der Waals surface area contributed by atoms with E-state index in [4.69, 9.17) is 0 Å². The van der Waals surface area contributed by atoms with Gasteiger partial charge in [-0.3, -0.25) is 4.79 Å². The van der Waals surface area contributed by atoms with E-state index >= 15 is 0 Å². The monoisotopic (exact) mass is 237 g/mol. The van der Waals surface area contributed by atoms with E-state index in [2.05, 4.69) is 15.5 Å². The van der Waals surface area contributed by atoms with Crippen LogP contribution < -0.4 is 5.32 Å². The van der Waals surface area contributed by atoms with Crippen molar-refractivity contribution in [1.29, 1.82) is 0 Å². The lowest BCUT2D eigenvalue weighted by atomic mass is 10.0. The second-order valence-corrected chi connectivity index (χ2v) is 4.42. The molecule has 94 valence electrons. The summed E-state index contributed by atoms with van der Waals surface area (Å²) in [6, 6.07) is -0.0109. The predicted molar refractivity (Wildman–Crippen MR) is 63.4 cm³/mol. The summed E-state index contributed by atoms with van der Waals surface area (Å²) in [5.74, 6) is 1.13. The summed E-state index contributed by atoms with van der Waals surface area (Å²) in [6.45, 7) is 1.58. The van der Waals surface area contributed by atoms with Crippen LogP contribution in [0.2, 0.25) is 0 Å². The summed E-state index contributed by atoms with van der Waals surface area (Å²) in [6.07, 6.45) is 4.45. The number of carbonyl (C=O) groups excluding carboxylic acids is 1. The number of nitrogens with zero attached hydrogens (tertiary/aromatic N) is 4. The molecule has 1 aliphatic heterocycles. The Labute approximate surface area is 101 Å². The largest absolute Gasteiger partial charge is 0.341 e. The maximum absolute atomic E-state index is 12.0. The van der Waals surface area contributed by atoms with Gasteiger partial charge in [0.05, 0.1) is 6.04 Å². The molecular formula is C11H19N5O. The highest BCUT2D eigenvalue weighted by atomic mass is 16.2. The molecule has 1 atom stereocenters. The molecule has 1 saturated heterocycles. The summed E-state index contributed by atoms with van der Waals surface area (Å²) in [7, 11) is 3.76. The van der Waals surface area contributed by atoms with Gasteiger partial charge in [-0.1, -0.05) is 0 Å². The lowest BCUT2D eigenvalue weighted by Gasteiger charge is -2.31. The van der Waals surface area contributed by atoms with E-state index in [1.807, 2.05) is 23.6 Å². The zero-order valence-electron chi connectivity index (χ0n) is 10.4. The molecule has 1 N–H and O–H groups in total. The molecule has 1 aromatic heterocycles. The first kappa shape index (κ1) is 12.0. The van der Waals surface area contributed by atoms with E-state index in [1.54, 1.807) is 6.33 Å². The van der Waals surface area contributed by atoms with Crippen molar-refractivity contribution in [2.45, 2.75) is 25.3 Å². The Morgan fingerprint density at radius 1 is 1.59 bits per heavy atom. The fraction of sp³-hybridized carbons (Fsp3) is 0.727. The number of hydrogen-bond donors (Lipinski definition) is 1. The minimum atomic E-state index is -0.0109. The minimum absolute atomic E-state index is 0.0109. The van der Waals surface area contributed by atoms with Crippen LogP contribution in [0.4, 0.5) is 0 Å². The third kappa shape index (κ3) is 2.63. The van der Waals surface area contributed by atoms with Crippen molar-refractivity contribution in [3.63, 3.8) is 0 Å². The van der Waals surface area contributed by atoms with Gasteiger partial charge in [-0.15, -0.1) is 10.2 Å². The summed E-state index contributed by atoms with van der Waals surface area (Å²) in [5.41, 5.74) is 0. The summed E-state index contributed by atoms with van der Waals surface area (Å²) in [5, 5.41) is 10.9. The number of nitrogens with one attached hydrogen (secondary N) is 1. The SMILES string of the molecule is CNC1CCCN(CCc2nncn2C)C1=O. The van der Waals surface area contributed by atoms with Crippen LogP contribution >= 0.6 is 0 Å². The van der Waals surface area contributed by atoms with Gasteiger partial charge in [0.1, 0.15) is 12.2 Å². The van der Waals surface area contributed by atoms with Gasteiger partial charge in [-0.25, -0.2) is 0 Å². The highest BCUT2D eigenvalue weighted by Gasteiger charge is 2.27. The zero-order chi connectivity index (χ0) is 12.3. The van der Waals surface area contributed by atoms with Gasteiger partial charge in [0, 0.05) is 26.6 Å². The number of likely N-dealkylation sites (tertiary alicyclic amines) is 1. The number of piperidine rings is 1. The lowest BCUT2D eigenvalue weighted by Crippen LogP contribution is -2.50. The van der Waals surface area contributed by atoms with Gasteiger partial charge in [0.25, 0.3) is 0 Å². The Balaban J connectivity index is 1.90. The standard InChI is InChI=1S/C11H19N5O/c1-12-9-4-3-6-16(11(9)17)7-5-10-14-13-8-15(10)2/h8-9,12H,3-7H2,1-2H3. The smallest absolute Gasteiger partial charge is 0.239 e.